The van der Waals surface area contributed by atoms with Gasteiger partial charge in [-0.2, -0.15) is 0 Å². The minimum absolute atomic E-state index is 0.506. The molecule has 1 aromatic carbocycles. The lowest BCUT2D eigenvalue weighted by molar-refractivity contribution is 0.0992. The molecule has 0 amide bonds. The highest BCUT2D eigenvalue weighted by Gasteiger charge is 2.21. The highest BCUT2D eigenvalue weighted by molar-refractivity contribution is 5.30. The first-order chi connectivity index (χ1) is 7.19. The molecule has 0 aliphatic heterocycles. The van der Waals surface area contributed by atoms with Crippen LogP contribution in [0.3, 0.4) is 0 Å². The average Bonchev–Trinajstić information content (AvgIpc) is 2.25. The van der Waals surface area contributed by atoms with E-state index in [2.05, 4.69) is 5.32 Å². The number of methoxy groups -OCH3 is 1. The van der Waals surface area contributed by atoms with Crippen molar-refractivity contribution in [2.45, 2.75) is 19.4 Å². The van der Waals surface area contributed by atoms with E-state index in [1.807, 2.05) is 0 Å². The molecule has 1 rings (SSSR count). The van der Waals surface area contributed by atoms with E-state index in [9.17, 15) is 8.78 Å². The Balaban J connectivity index is 2.89. The van der Waals surface area contributed by atoms with E-state index in [4.69, 9.17) is 4.74 Å². The molecule has 0 saturated heterocycles. The molecule has 2 nitrogen and oxygen atoms in total. The van der Waals surface area contributed by atoms with Crippen molar-refractivity contribution in [3.05, 3.63) is 29.8 Å². The lowest BCUT2D eigenvalue weighted by Gasteiger charge is -2.17. The Kier molecular flexibility index (Phi) is 4.49. The maximum Gasteiger partial charge on any atom is 0.257 e. The SMILES string of the molecule is CCNC(c1cccc(OC)c1)C(F)F. The Morgan fingerprint density at radius 1 is 1.40 bits per heavy atom. The van der Waals surface area contributed by atoms with Gasteiger partial charge in [-0.3, -0.25) is 0 Å². The van der Waals surface area contributed by atoms with Crippen molar-refractivity contribution in [3.63, 3.8) is 0 Å². The van der Waals surface area contributed by atoms with Crippen LogP contribution in [0.2, 0.25) is 0 Å². The van der Waals surface area contributed by atoms with Gasteiger partial charge < -0.3 is 10.1 Å². The summed E-state index contributed by atoms with van der Waals surface area (Å²) in [5.41, 5.74) is 0.547. The highest BCUT2D eigenvalue weighted by atomic mass is 19.3. The van der Waals surface area contributed by atoms with E-state index >= 15 is 0 Å². The van der Waals surface area contributed by atoms with Gasteiger partial charge in [0.2, 0.25) is 0 Å². The normalized spacial score (nSPS) is 12.9. The minimum atomic E-state index is -2.42. The number of ether oxygens (including phenoxy) is 1. The first kappa shape index (κ1) is 11.9. The summed E-state index contributed by atoms with van der Waals surface area (Å²) in [7, 11) is 1.52. The Morgan fingerprint density at radius 2 is 2.13 bits per heavy atom. The van der Waals surface area contributed by atoms with Crippen LogP contribution in [0.4, 0.5) is 8.78 Å². The molecule has 1 unspecified atom stereocenters. The van der Waals surface area contributed by atoms with Gasteiger partial charge in [0.15, 0.2) is 0 Å². The first-order valence-corrected chi connectivity index (χ1v) is 4.84. The quantitative estimate of drug-likeness (QED) is 0.815. The molecule has 0 radical (unpaired) electrons. The summed E-state index contributed by atoms with van der Waals surface area (Å²) >= 11 is 0. The summed E-state index contributed by atoms with van der Waals surface area (Å²) in [6, 6.07) is 5.81. The van der Waals surface area contributed by atoms with E-state index < -0.39 is 12.5 Å². The number of hydrogen-bond donors (Lipinski definition) is 1. The van der Waals surface area contributed by atoms with Crippen LogP contribution >= 0.6 is 0 Å². The van der Waals surface area contributed by atoms with Crippen molar-refractivity contribution < 1.29 is 13.5 Å². The van der Waals surface area contributed by atoms with Crippen LogP contribution in [0.1, 0.15) is 18.5 Å². The van der Waals surface area contributed by atoms with Crippen LogP contribution in [0, 0.1) is 0 Å². The molecule has 0 aliphatic rings. The van der Waals surface area contributed by atoms with Crippen molar-refractivity contribution in [1.82, 2.24) is 5.32 Å². The molecule has 1 N–H and O–H groups in total. The van der Waals surface area contributed by atoms with Gasteiger partial charge in [0.1, 0.15) is 5.75 Å². The maximum absolute atomic E-state index is 12.7. The van der Waals surface area contributed by atoms with Crippen LogP contribution in [0.25, 0.3) is 0 Å². The zero-order valence-electron chi connectivity index (χ0n) is 8.84. The number of hydrogen-bond acceptors (Lipinski definition) is 2. The fourth-order valence-corrected chi connectivity index (χ4v) is 1.41. The number of halogens is 2. The van der Waals surface area contributed by atoms with Crippen LogP contribution in [0.5, 0.6) is 5.75 Å². The Bertz CT molecular complexity index is 304. The number of benzene rings is 1. The molecule has 1 atom stereocenters. The molecule has 0 aromatic heterocycles. The monoisotopic (exact) mass is 215 g/mol. The lowest BCUT2D eigenvalue weighted by Crippen LogP contribution is -2.27. The first-order valence-electron chi connectivity index (χ1n) is 4.84. The summed E-state index contributed by atoms with van der Waals surface area (Å²) in [6.07, 6.45) is -2.42. The molecule has 0 bridgehead atoms. The van der Waals surface area contributed by atoms with E-state index in [0.29, 0.717) is 17.9 Å². The zero-order chi connectivity index (χ0) is 11.3. The third-order valence-corrected chi connectivity index (χ3v) is 2.13. The second-order valence-electron chi connectivity index (χ2n) is 3.15. The van der Waals surface area contributed by atoms with Crippen LogP contribution in [-0.4, -0.2) is 20.1 Å². The standard InChI is InChI=1S/C11H15F2NO/c1-3-14-10(11(12)13)8-5-4-6-9(7-8)15-2/h4-7,10-11,14H,3H2,1-2H3. The second kappa shape index (κ2) is 5.66. The molecule has 0 aliphatic carbocycles. The summed E-state index contributed by atoms with van der Waals surface area (Å²) in [5, 5.41) is 2.74. The molecular weight excluding hydrogens is 200 g/mol. The van der Waals surface area contributed by atoms with Gasteiger partial charge in [-0.15, -0.1) is 0 Å². The molecule has 15 heavy (non-hydrogen) atoms. The Labute approximate surface area is 88.3 Å². The summed E-state index contributed by atoms with van der Waals surface area (Å²) in [6.45, 7) is 2.31. The average molecular weight is 215 g/mol. The van der Waals surface area contributed by atoms with E-state index in [-0.39, 0.29) is 0 Å². The van der Waals surface area contributed by atoms with Gasteiger partial charge in [-0.1, -0.05) is 19.1 Å². The second-order valence-corrected chi connectivity index (χ2v) is 3.15. The third kappa shape index (κ3) is 3.16. The number of nitrogens with one attached hydrogen (secondary N) is 1. The van der Waals surface area contributed by atoms with Gasteiger partial charge in [0, 0.05) is 0 Å². The number of alkyl halides is 2. The zero-order valence-corrected chi connectivity index (χ0v) is 8.84. The van der Waals surface area contributed by atoms with Crippen LogP contribution in [0.15, 0.2) is 24.3 Å². The molecule has 84 valence electrons. The molecular formula is C11H15F2NO. The molecule has 1 aromatic rings. The highest BCUT2D eigenvalue weighted by Crippen LogP contribution is 2.23. The third-order valence-electron chi connectivity index (χ3n) is 2.13. The van der Waals surface area contributed by atoms with Crippen molar-refractivity contribution in [2.24, 2.45) is 0 Å². The maximum atomic E-state index is 12.7. The Morgan fingerprint density at radius 3 is 2.67 bits per heavy atom. The number of rotatable bonds is 5. The predicted octanol–water partition coefficient (Wildman–Crippen LogP) is 2.61. The largest absolute Gasteiger partial charge is 0.497 e. The fraction of sp³-hybridized carbons (Fsp3) is 0.455. The Hall–Kier alpha value is -1.16. The van der Waals surface area contributed by atoms with Gasteiger partial charge in [0.05, 0.1) is 13.2 Å². The van der Waals surface area contributed by atoms with Gasteiger partial charge in [-0.05, 0) is 24.2 Å². The summed E-state index contributed by atoms with van der Waals surface area (Å²) in [4.78, 5) is 0. The van der Waals surface area contributed by atoms with Crippen LogP contribution in [-0.2, 0) is 0 Å². The van der Waals surface area contributed by atoms with Gasteiger partial charge in [-0.25, -0.2) is 8.78 Å². The van der Waals surface area contributed by atoms with E-state index in [0.717, 1.165) is 0 Å². The molecule has 0 heterocycles. The minimum Gasteiger partial charge on any atom is -0.497 e. The lowest BCUT2D eigenvalue weighted by atomic mass is 10.1. The summed E-state index contributed by atoms with van der Waals surface area (Å²) < 4.78 is 30.4. The molecule has 4 heteroatoms. The molecule has 0 spiro atoms. The van der Waals surface area contributed by atoms with Gasteiger partial charge >= 0.3 is 0 Å². The topological polar surface area (TPSA) is 21.3 Å². The summed E-state index contributed by atoms with van der Waals surface area (Å²) in [5.74, 6) is 0.594. The molecule has 0 saturated carbocycles. The van der Waals surface area contributed by atoms with Crippen molar-refractivity contribution in [2.75, 3.05) is 13.7 Å². The van der Waals surface area contributed by atoms with E-state index in [1.165, 1.54) is 7.11 Å². The molecule has 0 fully saturated rings. The van der Waals surface area contributed by atoms with Gasteiger partial charge in [0.25, 0.3) is 6.43 Å². The van der Waals surface area contributed by atoms with Crippen molar-refractivity contribution in [3.8, 4) is 5.75 Å². The van der Waals surface area contributed by atoms with E-state index in [1.54, 1.807) is 31.2 Å². The fourth-order valence-electron chi connectivity index (χ4n) is 1.41. The van der Waals surface area contributed by atoms with Crippen molar-refractivity contribution >= 4 is 0 Å². The van der Waals surface area contributed by atoms with Crippen molar-refractivity contribution in [1.29, 1.82) is 0 Å². The smallest absolute Gasteiger partial charge is 0.257 e. The predicted molar refractivity (Wildman–Crippen MR) is 55.4 cm³/mol. The van der Waals surface area contributed by atoms with Crippen LogP contribution < -0.4 is 10.1 Å².